The summed E-state index contributed by atoms with van der Waals surface area (Å²) < 4.78 is 7.21. The van der Waals surface area contributed by atoms with Crippen LogP contribution in [0.5, 0.6) is 5.75 Å². The van der Waals surface area contributed by atoms with Crippen LogP contribution in [0.15, 0.2) is 30.6 Å². The summed E-state index contributed by atoms with van der Waals surface area (Å²) in [5, 5.41) is 2.81. The van der Waals surface area contributed by atoms with Gasteiger partial charge in [0.1, 0.15) is 11.4 Å². The summed E-state index contributed by atoms with van der Waals surface area (Å²) in [5.74, 6) is 0.193. The maximum atomic E-state index is 12.4. The number of rotatable bonds is 2. The van der Waals surface area contributed by atoms with Crippen LogP contribution in [0.3, 0.4) is 0 Å². The van der Waals surface area contributed by atoms with Crippen molar-refractivity contribution in [3.05, 3.63) is 41.2 Å². The van der Waals surface area contributed by atoms with E-state index in [1.807, 2.05) is 17.5 Å². The van der Waals surface area contributed by atoms with Gasteiger partial charge in [0, 0.05) is 30.0 Å². The first-order valence-electron chi connectivity index (χ1n) is 7.31. The number of likely N-dealkylation sites (N-methyl/N-ethyl adjacent to an activating group) is 1. The highest BCUT2D eigenvalue weighted by molar-refractivity contribution is 7.17. The number of nitrogens with one attached hydrogen (secondary N) is 1. The van der Waals surface area contributed by atoms with Crippen LogP contribution in [0.4, 0.5) is 11.4 Å². The highest BCUT2D eigenvalue weighted by Gasteiger charge is 2.23. The van der Waals surface area contributed by atoms with Crippen molar-refractivity contribution in [2.75, 3.05) is 23.9 Å². The van der Waals surface area contributed by atoms with Crippen LogP contribution in [0.1, 0.15) is 15.4 Å². The molecule has 24 heavy (non-hydrogen) atoms. The maximum Gasteiger partial charge on any atom is 0.275 e. The zero-order chi connectivity index (χ0) is 16.8. The van der Waals surface area contributed by atoms with Gasteiger partial charge in [-0.3, -0.25) is 14.0 Å². The standard InChI is InChI=1S/C16H14N4O3S/c1-9-6-20-7-11(18-16(20)24-9)15(22)17-10-3-4-13-12(5-10)19(2)14(21)8-23-13/h3-7H,8H2,1-2H3,(H,17,22). The highest BCUT2D eigenvalue weighted by atomic mass is 32.1. The van der Waals surface area contributed by atoms with E-state index in [1.165, 1.54) is 16.2 Å². The molecule has 0 radical (unpaired) electrons. The molecule has 3 heterocycles. The third kappa shape index (κ3) is 2.41. The number of ether oxygens (including phenoxy) is 1. The number of carbonyl (C=O) groups excluding carboxylic acids is 2. The van der Waals surface area contributed by atoms with Crippen molar-refractivity contribution >= 4 is 39.5 Å². The molecule has 1 aliphatic heterocycles. The van der Waals surface area contributed by atoms with E-state index < -0.39 is 0 Å². The number of amides is 2. The van der Waals surface area contributed by atoms with Gasteiger partial charge < -0.3 is 15.0 Å². The van der Waals surface area contributed by atoms with Gasteiger partial charge in [0.2, 0.25) is 0 Å². The summed E-state index contributed by atoms with van der Waals surface area (Å²) >= 11 is 1.53. The molecule has 0 fully saturated rings. The van der Waals surface area contributed by atoms with E-state index in [0.29, 0.717) is 22.8 Å². The number of benzene rings is 1. The molecule has 122 valence electrons. The molecule has 0 spiro atoms. The van der Waals surface area contributed by atoms with Gasteiger partial charge in [0.15, 0.2) is 11.6 Å². The smallest absolute Gasteiger partial charge is 0.275 e. The molecule has 2 aromatic heterocycles. The van der Waals surface area contributed by atoms with E-state index in [2.05, 4.69) is 10.3 Å². The minimum atomic E-state index is -0.297. The summed E-state index contributed by atoms with van der Waals surface area (Å²) in [7, 11) is 1.68. The average molecular weight is 342 g/mol. The number of aromatic nitrogens is 2. The van der Waals surface area contributed by atoms with Gasteiger partial charge in [-0.1, -0.05) is 0 Å². The van der Waals surface area contributed by atoms with Gasteiger partial charge in [-0.25, -0.2) is 4.98 Å². The summed E-state index contributed by atoms with van der Waals surface area (Å²) in [6, 6.07) is 5.19. The van der Waals surface area contributed by atoms with Gasteiger partial charge in [-0.2, -0.15) is 0 Å². The van der Waals surface area contributed by atoms with Crippen LogP contribution in [0.25, 0.3) is 4.96 Å². The molecule has 4 rings (SSSR count). The second kappa shape index (κ2) is 5.34. The Morgan fingerprint density at radius 2 is 2.21 bits per heavy atom. The highest BCUT2D eigenvalue weighted by Crippen LogP contribution is 2.33. The molecule has 2 amide bonds. The van der Waals surface area contributed by atoms with Crippen molar-refractivity contribution in [3.8, 4) is 5.75 Å². The number of carbonyl (C=O) groups is 2. The van der Waals surface area contributed by atoms with Gasteiger partial charge in [0.05, 0.1) is 5.69 Å². The predicted octanol–water partition coefficient (Wildman–Crippen LogP) is 2.31. The SMILES string of the molecule is Cc1cn2cc(C(=O)Nc3ccc4c(c3)N(C)C(=O)CO4)nc2s1. The molecule has 1 N–H and O–H groups in total. The minimum absolute atomic E-state index is 0.0278. The topological polar surface area (TPSA) is 75.9 Å². The van der Waals surface area contributed by atoms with Crippen LogP contribution in [-0.2, 0) is 4.79 Å². The Bertz CT molecular complexity index is 944. The lowest BCUT2D eigenvalue weighted by Crippen LogP contribution is -2.35. The molecule has 1 aromatic carbocycles. The largest absolute Gasteiger partial charge is 0.482 e. The van der Waals surface area contributed by atoms with Gasteiger partial charge in [-0.05, 0) is 25.1 Å². The van der Waals surface area contributed by atoms with Crippen LogP contribution in [0, 0.1) is 6.92 Å². The van der Waals surface area contributed by atoms with E-state index in [4.69, 9.17) is 4.74 Å². The number of hydrogen-bond acceptors (Lipinski definition) is 5. The Morgan fingerprint density at radius 1 is 1.38 bits per heavy atom. The lowest BCUT2D eigenvalue weighted by Gasteiger charge is -2.26. The molecule has 1 aliphatic rings. The van der Waals surface area contributed by atoms with Gasteiger partial charge >= 0.3 is 0 Å². The number of imidazole rings is 1. The third-order valence-corrected chi connectivity index (χ3v) is 4.72. The van der Waals surface area contributed by atoms with Crippen LogP contribution in [0.2, 0.25) is 0 Å². The van der Waals surface area contributed by atoms with Crippen molar-refractivity contribution in [1.29, 1.82) is 0 Å². The van der Waals surface area contributed by atoms with Gasteiger partial charge in [-0.15, -0.1) is 11.3 Å². The molecule has 7 nitrogen and oxygen atoms in total. The van der Waals surface area contributed by atoms with Crippen LogP contribution >= 0.6 is 11.3 Å². The average Bonchev–Trinajstić information content (AvgIpc) is 3.09. The van der Waals surface area contributed by atoms with Crippen molar-refractivity contribution in [2.24, 2.45) is 0 Å². The van der Waals surface area contributed by atoms with Crippen LogP contribution < -0.4 is 15.0 Å². The Balaban J connectivity index is 1.59. The van der Waals surface area contributed by atoms with Crippen molar-refractivity contribution < 1.29 is 14.3 Å². The van der Waals surface area contributed by atoms with Crippen LogP contribution in [-0.4, -0.2) is 34.9 Å². The number of thiazole rings is 1. The molecule has 0 unspecified atom stereocenters. The van der Waals surface area contributed by atoms with Crippen molar-refractivity contribution in [1.82, 2.24) is 9.38 Å². The first-order valence-corrected chi connectivity index (χ1v) is 8.13. The molecule has 8 heteroatoms. The first kappa shape index (κ1) is 14.7. The molecular formula is C16H14N4O3S. The first-order chi connectivity index (χ1) is 11.5. The molecule has 3 aromatic rings. The number of aryl methyl sites for hydroxylation is 1. The van der Waals surface area contributed by atoms with E-state index in [-0.39, 0.29) is 18.4 Å². The molecule has 0 atom stereocenters. The zero-order valence-electron chi connectivity index (χ0n) is 13.1. The zero-order valence-corrected chi connectivity index (χ0v) is 13.9. The lowest BCUT2D eigenvalue weighted by atomic mass is 10.2. The number of hydrogen-bond donors (Lipinski definition) is 1. The molecule has 0 bridgehead atoms. The Kier molecular flexibility index (Phi) is 3.27. The number of anilines is 2. The number of fused-ring (bicyclic) bond motifs is 2. The fourth-order valence-corrected chi connectivity index (χ4v) is 3.37. The normalized spacial score (nSPS) is 13.8. The second-order valence-corrected chi connectivity index (χ2v) is 6.75. The third-order valence-electron chi connectivity index (χ3n) is 3.81. The quantitative estimate of drug-likeness (QED) is 0.775. The maximum absolute atomic E-state index is 12.4. The van der Waals surface area contributed by atoms with E-state index >= 15 is 0 Å². The van der Waals surface area contributed by atoms with E-state index in [0.717, 1.165) is 9.84 Å². The molecular weight excluding hydrogens is 328 g/mol. The second-order valence-electron chi connectivity index (χ2n) is 5.54. The Labute approximate surface area is 141 Å². The van der Waals surface area contributed by atoms with E-state index in [1.54, 1.807) is 31.4 Å². The number of nitrogens with zero attached hydrogens (tertiary/aromatic N) is 3. The van der Waals surface area contributed by atoms with E-state index in [9.17, 15) is 9.59 Å². The fraction of sp³-hybridized carbons (Fsp3) is 0.188. The van der Waals surface area contributed by atoms with Gasteiger partial charge in [0.25, 0.3) is 11.8 Å². The summed E-state index contributed by atoms with van der Waals surface area (Å²) in [5.41, 5.74) is 1.56. The summed E-state index contributed by atoms with van der Waals surface area (Å²) in [4.78, 5) is 31.9. The van der Waals surface area contributed by atoms with Crippen molar-refractivity contribution in [2.45, 2.75) is 6.92 Å². The van der Waals surface area contributed by atoms with Crippen molar-refractivity contribution in [3.63, 3.8) is 0 Å². The Morgan fingerprint density at radius 3 is 3.00 bits per heavy atom. The fourth-order valence-electron chi connectivity index (χ4n) is 2.57. The minimum Gasteiger partial charge on any atom is -0.482 e. The Hall–Kier alpha value is -2.87. The molecule has 0 aliphatic carbocycles. The predicted molar refractivity (Wildman–Crippen MR) is 91.1 cm³/mol. The monoisotopic (exact) mass is 342 g/mol. The lowest BCUT2D eigenvalue weighted by molar-refractivity contribution is -0.120. The summed E-state index contributed by atoms with van der Waals surface area (Å²) in [6.45, 7) is 2.02. The molecule has 0 saturated carbocycles. The summed E-state index contributed by atoms with van der Waals surface area (Å²) in [6.07, 6.45) is 3.63. The molecule has 0 saturated heterocycles.